The van der Waals surface area contributed by atoms with Crippen LogP contribution in [0.15, 0.2) is 30.3 Å². The van der Waals surface area contributed by atoms with Crippen molar-refractivity contribution in [2.75, 3.05) is 12.8 Å². The summed E-state index contributed by atoms with van der Waals surface area (Å²) in [7, 11) is 1.61. The molecule has 0 atom stereocenters. The standard InChI is InChI=1S/C15H18N2O2/c1-4-13-15(7-5-10(2)17-13)19-14-8-6-11(18-3)9-12(14)16/h5-9H,4,16H2,1-3H3. The van der Waals surface area contributed by atoms with Gasteiger partial charge in [0.25, 0.3) is 0 Å². The van der Waals surface area contributed by atoms with E-state index in [0.29, 0.717) is 17.2 Å². The van der Waals surface area contributed by atoms with E-state index in [2.05, 4.69) is 4.98 Å². The highest BCUT2D eigenvalue weighted by Gasteiger charge is 2.08. The van der Waals surface area contributed by atoms with Crippen LogP contribution < -0.4 is 15.2 Å². The highest BCUT2D eigenvalue weighted by Crippen LogP contribution is 2.32. The predicted molar refractivity (Wildman–Crippen MR) is 75.8 cm³/mol. The number of pyridine rings is 1. The zero-order chi connectivity index (χ0) is 13.8. The van der Waals surface area contributed by atoms with Crippen LogP contribution in [0.25, 0.3) is 0 Å². The van der Waals surface area contributed by atoms with E-state index in [0.717, 1.165) is 23.6 Å². The van der Waals surface area contributed by atoms with E-state index in [1.54, 1.807) is 19.2 Å². The minimum atomic E-state index is 0.543. The van der Waals surface area contributed by atoms with E-state index >= 15 is 0 Å². The molecule has 0 unspecified atom stereocenters. The zero-order valence-corrected chi connectivity index (χ0v) is 11.4. The van der Waals surface area contributed by atoms with Crippen molar-refractivity contribution in [1.29, 1.82) is 0 Å². The predicted octanol–water partition coefficient (Wildman–Crippen LogP) is 3.34. The molecule has 0 fully saturated rings. The van der Waals surface area contributed by atoms with Crippen LogP contribution in [0.2, 0.25) is 0 Å². The molecule has 4 heteroatoms. The average Bonchev–Trinajstić information content (AvgIpc) is 2.42. The fourth-order valence-electron chi connectivity index (χ4n) is 1.81. The Kier molecular flexibility index (Phi) is 3.90. The Morgan fingerprint density at radius 3 is 2.53 bits per heavy atom. The van der Waals surface area contributed by atoms with Crippen molar-refractivity contribution in [2.45, 2.75) is 20.3 Å². The Bertz CT molecular complexity index is 582. The van der Waals surface area contributed by atoms with Gasteiger partial charge < -0.3 is 15.2 Å². The summed E-state index contributed by atoms with van der Waals surface area (Å²) in [5, 5.41) is 0. The highest BCUT2D eigenvalue weighted by molar-refractivity contribution is 5.57. The number of ether oxygens (including phenoxy) is 2. The second-order valence-corrected chi connectivity index (χ2v) is 4.26. The topological polar surface area (TPSA) is 57.4 Å². The number of nitrogens with zero attached hydrogens (tertiary/aromatic N) is 1. The van der Waals surface area contributed by atoms with Crippen LogP contribution in [0.4, 0.5) is 5.69 Å². The van der Waals surface area contributed by atoms with Crippen molar-refractivity contribution < 1.29 is 9.47 Å². The molecule has 4 nitrogen and oxygen atoms in total. The summed E-state index contributed by atoms with van der Waals surface area (Å²) in [6, 6.07) is 9.20. The molecule has 2 rings (SSSR count). The van der Waals surface area contributed by atoms with E-state index in [-0.39, 0.29) is 0 Å². The van der Waals surface area contributed by atoms with E-state index in [9.17, 15) is 0 Å². The van der Waals surface area contributed by atoms with Crippen LogP contribution in [0, 0.1) is 6.92 Å². The molecular weight excluding hydrogens is 240 g/mol. The number of aryl methyl sites for hydroxylation is 2. The van der Waals surface area contributed by atoms with Crippen molar-refractivity contribution in [3.63, 3.8) is 0 Å². The second-order valence-electron chi connectivity index (χ2n) is 4.26. The number of benzene rings is 1. The Labute approximate surface area is 113 Å². The SMILES string of the molecule is CCc1nc(C)ccc1Oc1ccc(OC)cc1N. The quantitative estimate of drug-likeness (QED) is 0.854. The zero-order valence-electron chi connectivity index (χ0n) is 11.4. The summed E-state index contributed by atoms with van der Waals surface area (Å²) >= 11 is 0. The number of nitrogens with two attached hydrogens (primary N) is 1. The van der Waals surface area contributed by atoms with E-state index in [1.807, 2.05) is 32.0 Å². The molecule has 0 aliphatic rings. The lowest BCUT2D eigenvalue weighted by Crippen LogP contribution is -1.98. The first-order valence-corrected chi connectivity index (χ1v) is 6.22. The van der Waals surface area contributed by atoms with Crippen molar-refractivity contribution in [2.24, 2.45) is 0 Å². The Balaban J connectivity index is 2.31. The van der Waals surface area contributed by atoms with Gasteiger partial charge >= 0.3 is 0 Å². The number of aromatic nitrogens is 1. The maximum absolute atomic E-state index is 5.94. The summed E-state index contributed by atoms with van der Waals surface area (Å²) < 4.78 is 11.0. The average molecular weight is 258 g/mol. The molecule has 1 heterocycles. The minimum absolute atomic E-state index is 0.543. The van der Waals surface area contributed by atoms with Crippen LogP contribution in [0.1, 0.15) is 18.3 Å². The fraction of sp³-hybridized carbons (Fsp3) is 0.267. The van der Waals surface area contributed by atoms with Crippen molar-refractivity contribution in [1.82, 2.24) is 4.98 Å². The van der Waals surface area contributed by atoms with E-state index in [1.165, 1.54) is 0 Å². The van der Waals surface area contributed by atoms with Gasteiger partial charge in [0.1, 0.15) is 11.5 Å². The van der Waals surface area contributed by atoms with E-state index in [4.69, 9.17) is 15.2 Å². The van der Waals surface area contributed by atoms with Crippen LogP contribution in [0.3, 0.4) is 0 Å². The lowest BCUT2D eigenvalue weighted by atomic mass is 10.2. The Hall–Kier alpha value is -2.23. The summed E-state index contributed by atoms with van der Waals surface area (Å²) in [6.45, 7) is 4.01. The van der Waals surface area contributed by atoms with Gasteiger partial charge in [0.05, 0.1) is 18.5 Å². The van der Waals surface area contributed by atoms with Crippen LogP contribution >= 0.6 is 0 Å². The minimum Gasteiger partial charge on any atom is -0.497 e. The Morgan fingerprint density at radius 2 is 1.89 bits per heavy atom. The monoisotopic (exact) mass is 258 g/mol. The summed E-state index contributed by atoms with van der Waals surface area (Å²) in [6.07, 6.45) is 0.813. The summed E-state index contributed by atoms with van der Waals surface area (Å²) in [4.78, 5) is 4.46. The van der Waals surface area contributed by atoms with Gasteiger partial charge in [0.2, 0.25) is 0 Å². The van der Waals surface area contributed by atoms with Crippen LogP contribution in [-0.2, 0) is 6.42 Å². The number of methoxy groups -OCH3 is 1. The van der Waals surface area contributed by atoms with Gasteiger partial charge in [-0.2, -0.15) is 0 Å². The van der Waals surface area contributed by atoms with Crippen molar-refractivity contribution in [3.05, 3.63) is 41.7 Å². The summed E-state index contributed by atoms with van der Waals surface area (Å²) in [5.41, 5.74) is 8.39. The smallest absolute Gasteiger partial charge is 0.150 e. The molecule has 1 aromatic heterocycles. The van der Waals surface area contributed by atoms with Crippen molar-refractivity contribution >= 4 is 5.69 Å². The fourth-order valence-corrected chi connectivity index (χ4v) is 1.81. The highest BCUT2D eigenvalue weighted by atomic mass is 16.5. The lowest BCUT2D eigenvalue weighted by molar-refractivity contribution is 0.413. The molecule has 0 bridgehead atoms. The number of hydrogen-bond acceptors (Lipinski definition) is 4. The van der Waals surface area contributed by atoms with Gasteiger partial charge in [-0.25, -0.2) is 0 Å². The normalized spacial score (nSPS) is 10.3. The van der Waals surface area contributed by atoms with Gasteiger partial charge in [0.15, 0.2) is 5.75 Å². The first-order valence-electron chi connectivity index (χ1n) is 6.22. The molecule has 0 radical (unpaired) electrons. The van der Waals surface area contributed by atoms with Crippen LogP contribution in [-0.4, -0.2) is 12.1 Å². The molecule has 0 aliphatic carbocycles. The van der Waals surface area contributed by atoms with Gasteiger partial charge in [-0.1, -0.05) is 6.92 Å². The molecule has 19 heavy (non-hydrogen) atoms. The maximum Gasteiger partial charge on any atom is 0.150 e. The maximum atomic E-state index is 5.94. The largest absolute Gasteiger partial charge is 0.497 e. The number of rotatable bonds is 4. The third-order valence-corrected chi connectivity index (χ3v) is 2.84. The van der Waals surface area contributed by atoms with Crippen LogP contribution in [0.5, 0.6) is 17.2 Å². The first kappa shape index (κ1) is 13.2. The third-order valence-electron chi connectivity index (χ3n) is 2.84. The molecule has 0 saturated heterocycles. The van der Waals surface area contributed by atoms with Crippen molar-refractivity contribution in [3.8, 4) is 17.2 Å². The van der Waals surface area contributed by atoms with Gasteiger partial charge in [-0.15, -0.1) is 0 Å². The number of anilines is 1. The lowest BCUT2D eigenvalue weighted by Gasteiger charge is -2.12. The second kappa shape index (κ2) is 5.61. The number of hydrogen-bond donors (Lipinski definition) is 1. The Morgan fingerprint density at radius 1 is 1.16 bits per heavy atom. The van der Waals surface area contributed by atoms with Gasteiger partial charge in [-0.3, -0.25) is 4.98 Å². The first-order chi connectivity index (χ1) is 9.13. The molecule has 2 aromatic rings. The molecular formula is C15H18N2O2. The number of nitrogen functional groups attached to an aromatic ring is 1. The van der Waals surface area contributed by atoms with E-state index < -0.39 is 0 Å². The molecule has 100 valence electrons. The van der Waals surface area contributed by atoms with Gasteiger partial charge in [-0.05, 0) is 37.6 Å². The molecule has 0 saturated carbocycles. The molecule has 2 N–H and O–H groups in total. The summed E-state index contributed by atoms with van der Waals surface area (Å²) in [5.74, 6) is 2.06. The molecule has 0 spiro atoms. The van der Waals surface area contributed by atoms with Gasteiger partial charge in [0, 0.05) is 11.8 Å². The molecule has 0 amide bonds. The molecule has 1 aromatic carbocycles. The third kappa shape index (κ3) is 2.96. The molecule has 0 aliphatic heterocycles.